The molecule has 2 aromatic rings. The molecule has 0 bridgehead atoms. The van der Waals surface area contributed by atoms with Gasteiger partial charge in [0.1, 0.15) is 0 Å². The molecule has 0 unspecified atom stereocenters. The lowest BCUT2D eigenvalue weighted by molar-refractivity contribution is 0.0940. The Morgan fingerprint density at radius 1 is 1.45 bits per heavy atom. The van der Waals surface area contributed by atoms with E-state index >= 15 is 0 Å². The maximum Gasteiger partial charge on any atom is 0.252 e. The van der Waals surface area contributed by atoms with Gasteiger partial charge in [0.05, 0.1) is 16.6 Å². The van der Waals surface area contributed by atoms with Gasteiger partial charge in [-0.25, -0.2) is 4.98 Å². The largest absolute Gasteiger partial charge is 0.352 e. The van der Waals surface area contributed by atoms with Crippen LogP contribution in [-0.2, 0) is 7.05 Å². The number of carbonyl (C=O) groups is 1. The van der Waals surface area contributed by atoms with Crippen molar-refractivity contribution in [2.75, 3.05) is 6.54 Å². The third kappa shape index (κ3) is 2.17. The number of fused-ring (bicyclic) bond motifs is 1. The van der Waals surface area contributed by atoms with Crippen molar-refractivity contribution in [2.45, 2.75) is 33.1 Å². The summed E-state index contributed by atoms with van der Waals surface area (Å²) in [7, 11) is 1.86. The molecule has 0 spiro atoms. The molecule has 3 rings (SSSR count). The number of hydrogen-bond acceptors (Lipinski definition) is 3. The lowest BCUT2D eigenvalue weighted by Gasteiger charge is -2.25. The second-order valence-corrected chi connectivity index (χ2v) is 5.73. The van der Waals surface area contributed by atoms with E-state index in [4.69, 9.17) is 0 Å². The number of amides is 1. The Labute approximate surface area is 118 Å². The topological polar surface area (TPSA) is 59.8 Å². The van der Waals surface area contributed by atoms with E-state index in [1.54, 1.807) is 4.68 Å². The van der Waals surface area contributed by atoms with E-state index < -0.39 is 0 Å². The molecule has 1 saturated carbocycles. The zero-order valence-electron chi connectivity index (χ0n) is 12.2. The summed E-state index contributed by atoms with van der Waals surface area (Å²) < 4.78 is 1.74. The van der Waals surface area contributed by atoms with Gasteiger partial charge in [0.15, 0.2) is 5.65 Å². The standard InChI is InChI=1S/C15H20N4O/c1-9-7-12(15(20)16-8-11-5-4-6-11)13-10(2)18-19(3)14(13)17-9/h7,11H,4-6,8H2,1-3H3,(H,16,20). The van der Waals surface area contributed by atoms with Gasteiger partial charge in [-0.2, -0.15) is 5.10 Å². The van der Waals surface area contributed by atoms with Crippen molar-refractivity contribution < 1.29 is 4.79 Å². The van der Waals surface area contributed by atoms with Gasteiger partial charge >= 0.3 is 0 Å². The normalized spacial score (nSPS) is 15.3. The van der Waals surface area contributed by atoms with E-state index in [0.29, 0.717) is 11.5 Å². The van der Waals surface area contributed by atoms with Gasteiger partial charge in [-0.1, -0.05) is 6.42 Å². The molecular formula is C15H20N4O. The molecule has 0 saturated heterocycles. The van der Waals surface area contributed by atoms with Gasteiger partial charge in [-0.15, -0.1) is 0 Å². The van der Waals surface area contributed by atoms with Crippen molar-refractivity contribution in [2.24, 2.45) is 13.0 Å². The van der Waals surface area contributed by atoms with Crippen LogP contribution in [0.2, 0.25) is 0 Å². The number of carbonyl (C=O) groups excluding carboxylic acids is 1. The fraction of sp³-hybridized carbons (Fsp3) is 0.533. The Bertz CT molecular complexity index is 670. The van der Waals surface area contributed by atoms with Crippen molar-refractivity contribution in [3.63, 3.8) is 0 Å². The molecule has 0 atom stereocenters. The van der Waals surface area contributed by atoms with Crippen LogP contribution in [0.5, 0.6) is 0 Å². The Morgan fingerprint density at radius 2 is 2.20 bits per heavy atom. The van der Waals surface area contributed by atoms with Crippen molar-refractivity contribution in [3.8, 4) is 0 Å². The van der Waals surface area contributed by atoms with Gasteiger partial charge in [-0.3, -0.25) is 9.48 Å². The van der Waals surface area contributed by atoms with Crippen LogP contribution in [0.3, 0.4) is 0 Å². The highest BCUT2D eigenvalue weighted by atomic mass is 16.1. The molecule has 0 radical (unpaired) electrons. The molecule has 5 nitrogen and oxygen atoms in total. The zero-order valence-corrected chi connectivity index (χ0v) is 12.2. The van der Waals surface area contributed by atoms with Crippen LogP contribution in [0.25, 0.3) is 11.0 Å². The summed E-state index contributed by atoms with van der Waals surface area (Å²) in [5, 5.41) is 8.29. The smallest absolute Gasteiger partial charge is 0.252 e. The van der Waals surface area contributed by atoms with Crippen LogP contribution >= 0.6 is 0 Å². The zero-order chi connectivity index (χ0) is 14.3. The Morgan fingerprint density at radius 3 is 2.85 bits per heavy atom. The molecule has 2 aromatic heterocycles. The summed E-state index contributed by atoms with van der Waals surface area (Å²) in [4.78, 5) is 16.9. The number of nitrogens with one attached hydrogen (secondary N) is 1. The van der Waals surface area contributed by atoms with Gasteiger partial charge in [0.25, 0.3) is 5.91 Å². The van der Waals surface area contributed by atoms with Crippen molar-refractivity contribution >= 4 is 16.9 Å². The van der Waals surface area contributed by atoms with E-state index in [1.807, 2.05) is 27.0 Å². The van der Waals surface area contributed by atoms with Crippen molar-refractivity contribution in [3.05, 3.63) is 23.0 Å². The van der Waals surface area contributed by atoms with Gasteiger partial charge in [0, 0.05) is 19.3 Å². The van der Waals surface area contributed by atoms with Crippen LogP contribution < -0.4 is 5.32 Å². The molecule has 1 fully saturated rings. The number of rotatable bonds is 3. The molecule has 1 aliphatic rings. The summed E-state index contributed by atoms with van der Waals surface area (Å²) in [6.07, 6.45) is 3.76. The highest BCUT2D eigenvalue weighted by molar-refractivity contribution is 6.06. The molecule has 106 valence electrons. The van der Waals surface area contributed by atoms with Crippen LogP contribution in [0.1, 0.15) is 41.0 Å². The lowest BCUT2D eigenvalue weighted by Crippen LogP contribution is -2.32. The minimum absolute atomic E-state index is 0.0106. The first-order chi connectivity index (χ1) is 9.56. The van der Waals surface area contributed by atoms with Crippen LogP contribution in [0.15, 0.2) is 6.07 Å². The number of aryl methyl sites for hydroxylation is 3. The van der Waals surface area contributed by atoms with E-state index in [0.717, 1.165) is 29.0 Å². The van der Waals surface area contributed by atoms with Crippen LogP contribution in [0.4, 0.5) is 0 Å². The van der Waals surface area contributed by atoms with Gasteiger partial charge < -0.3 is 5.32 Å². The summed E-state index contributed by atoms with van der Waals surface area (Å²) in [5.74, 6) is 0.649. The molecular weight excluding hydrogens is 252 g/mol. The maximum atomic E-state index is 12.4. The summed E-state index contributed by atoms with van der Waals surface area (Å²) in [5.41, 5.74) is 3.16. The number of hydrogen-bond donors (Lipinski definition) is 1. The minimum atomic E-state index is -0.0106. The number of aromatic nitrogens is 3. The second-order valence-electron chi connectivity index (χ2n) is 5.73. The average Bonchev–Trinajstić information content (AvgIpc) is 2.62. The molecule has 0 aromatic carbocycles. The molecule has 1 aliphatic carbocycles. The van der Waals surface area contributed by atoms with E-state index in [9.17, 15) is 4.79 Å². The average molecular weight is 272 g/mol. The monoisotopic (exact) mass is 272 g/mol. The highest BCUT2D eigenvalue weighted by Crippen LogP contribution is 2.26. The van der Waals surface area contributed by atoms with E-state index in [1.165, 1.54) is 19.3 Å². The number of nitrogens with zero attached hydrogens (tertiary/aromatic N) is 3. The summed E-state index contributed by atoms with van der Waals surface area (Å²) >= 11 is 0. The summed E-state index contributed by atoms with van der Waals surface area (Å²) in [6.45, 7) is 4.60. The third-order valence-corrected chi connectivity index (χ3v) is 4.12. The quantitative estimate of drug-likeness (QED) is 0.931. The first kappa shape index (κ1) is 13.1. The van der Waals surface area contributed by atoms with Gasteiger partial charge in [-0.05, 0) is 38.7 Å². The van der Waals surface area contributed by atoms with Gasteiger partial charge in [0.2, 0.25) is 0 Å². The molecule has 1 N–H and O–H groups in total. The highest BCUT2D eigenvalue weighted by Gasteiger charge is 2.21. The Balaban J connectivity index is 1.94. The van der Waals surface area contributed by atoms with E-state index in [-0.39, 0.29) is 5.91 Å². The number of pyridine rings is 1. The van der Waals surface area contributed by atoms with E-state index in [2.05, 4.69) is 15.4 Å². The third-order valence-electron chi connectivity index (χ3n) is 4.12. The molecule has 20 heavy (non-hydrogen) atoms. The van der Waals surface area contributed by atoms with Crippen LogP contribution in [0, 0.1) is 19.8 Å². The maximum absolute atomic E-state index is 12.4. The molecule has 1 amide bonds. The predicted octanol–water partition coefficient (Wildman–Crippen LogP) is 2.12. The second kappa shape index (κ2) is 4.89. The lowest BCUT2D eigenvalue weighted by atomic mass is 9.85. The predicted molar refractivity (Wildman–Crippen MR) is 77.7 cm³/mol. The molecule has 2 heterocycles. The fourth-order valence-electron chi connectivity index (χ4n) is 2.78. The fourth-order valence-corrected chi connectivity index (χ4v) is 2.78. The molecule has 5 heteroatoms. The van der Waals surface area contributed by atoms with Crippen LogP contribution in [-0.4, -0.2) is 27.2 Å². The Kier molecular flexibility index (Phi) is 3.20. The van der Waals surface area contributed by atoms with Crippen molar-refractivity contribution in [1.82, 2.24) is 20.1 Å². The summed E-state index contributed by atoms with van der Waals surface area (Å²) in [6, 6.07) is 1.85. The first-order valence-corrected chi connectivity index (χ1v) is 7.15. The van der Waals surface area contributed by atoms with Crippen molar-refractivity contribution in [1.29, 1.82) is 0 Å². The minimum Gasteiger partial charge on any atom is -0.352 e. The SMILES string of the molecule is Cc1cc(C(=O)NCC2CCC2)c2c(C)nn(C)c2n1. The molecule has 0 aliphatic heterocycles. The Hall–Kier alpha value is -1.91. The first-order valence-electron chi connectivity index (χ1n) is 7.15.